The van der Waals surface area contributed by atoms with E-state index in [1.165, 1.54) is 0 Å². The van der Waals surface area contributed by atoms with Crippen molar-refractivity contribution in [2.24, 2.45) is 0 Å². The van der Waals surface area contributed by atoms with Gasteiger partial charge in [0, 0.05) is 0 Å². The fraction of sp³-hybridized carbons (Fsp3) is 0.462. The number of hydrogen-bond donors (Lipinski definition) is 0. The molecule has 3 nitrogen and oxygen atoms in total. The quantitative estimate of drug-likeness (QED) is 0.829. The highest BCUT2D eigenvalue weighted by molar-refractivity contribution is 7.91. The van der Waals surface area contributed by atoms with Gasteiger partial charge in [-0.15, -0.1) is 0 Å². The van der Waals surface area contributed by atoms with Gasteiger partial charge in [-0.2, -0.15) is 5.26 Å². The van der Waals surface area contributed by atoms with Crippen LogP contribution in [0.3, 0.4) is 0 Å². The van der Waals surface area contributed by atoms with Gasteiger partial charge in [0.25, 0.3) is 0 Å². The molecule has 0 aliphatic rings. The Hall–Kier alpha value is -1.34. The van der Waals surface area contributed by atoms with Crippen molar-refractivity contribution in [2.75, 3.05) is 5.75 Å². The SMILES string of the molecule is CCS(=O)(=O)c1cc(C(C)(C)C#N)ccc1C. The molecule has 0 atom stereocenters. The van der Waals surface area contributed by atoms with Crippen LogP contribution in [0.25, 0.3) is 0 Å². The van der Waals surface area contributed by atoms with Crippen LogP contribution in [0.2, 0.25) is 0 Å². The fourth-order valence-electron chi connectivity index (χ4n) is 1.54. The van der Waals surface area contributed by atoms with E-state index in [1.54, 1.807) is 39.8 Å². The number of nitriles is 1. The van der Waals surface area contributed by atoms with Gasteiger partial charge >= 0.3 is 0 Å². The molecule has 0 N–H and O–H groups in total. The maximum atomic E-state index is 11.9. The number of rotatable bonds is 3. The molecule has 0 heterocycles. The van der Waals surface area contributed by atoms with Crippen LogP contribution in [0.4, 0.5) is 0 Å². The zero-order valence-electron chi connectivity index (χ0n) is 10.6. The molecule has 0 fully saturated rings. The Morgan fingerprint density at radius 2 is 1.94 bits per heavy atom. The molecule has 1 aromatic carbocycles. The van der Waals surface area contributed by atoms with E-state index in [2.05, 4.69) is 6.07 Å². The Kier molecular flexibility index (Phi) is 3.63. The zero-order valence-corrected chi connectivity index (χ0v) is 11.4. The standard InChI is InChI=1S/C13H17NO2S/c1-5-17(15,16)12-8-11(7-6-10(12)2)13(3,4)9-14/h6-8H,5H2,1-4H3. The summed E-state index contributed by atoms with van der Waals surface area (Å²) in [6.45, 7) is 6.95. The summed E-state index contributed by atoms with van der Waals surface area (Å²) in [6, 6.07) is 7.37. The molecule has 92 valence electrons. The second-order valence-corrected chi connectivity index (χ2v) is 6.87. The van der Waals surface area contributed by atoms with Gasteiger partial charge in [-0.25, -0.2) is 8.42 Å². The van der Waals surface area contributed by atoms with E-state index < -0.39 is 15.3 Å². The van der Waals surface area contributed by atoms with Crippen molar-refractivity contribution < 1.29 is 8.42 Å². The minimum atomic E-state index is -3.23. The summed E-state index contributed by atoms with van der Waals surface area (Å²) in [6.07, 6.45) is 0. The Morgan fingerprint density at radius 3 is 2.41 bits per heavy atom. The Morgan fingerprint density at radius 1 is 1.35 bits per heavy atom. The maximum absolute atomic E-state index is 11.9. The van der Waals surface area contributed by atoms with Crippen molar-refractivity contribution in [1.29, 1.82) is 5.26 Å². The van der Waals surface area contributed by atoms with E-state index in [4.69, 9.17) is 5.26 Å². The summed E-state index contributed by atoms with van der Waals surface area (Å²) in [5, 5.41) is 9.07. The van der Waals surface area contributed by atoms with Crippen LogP contribution in [0.1, 0.15) is 31.9 Å². The molecule has 0 saturated carbocycles. The first-order valence-electron chi connectivity index (χ1n) is 5.49. The van der Waals surface area contributed by atoms with Crippen LogP contribution < -0.4 is 0 Å². The average molecular weight is 251 g/mol. The third-order valence-electron chi connectivity index (χ3n) is 2.90. The first-order chi connectivity index (χ1) is 7.74. The minimum Gasteiger partial charge on any atom is -0.224 e. The van der Waals surface area contributed by atoms with Crippen LogP contribution in [0.5, 0.6) is 0 Å². The molecular formula is C13H17NO2S. The van der Waals surface area contributed by atoms with Gasteiger partial charge in [-0.1, -0.05) is 19.1 Å². The van der Waals surface area contributed by atoms with Crippen molar-refractivity contribution >= 4 is 9.84 Å². The number of aryl methyl sites for hydroxylation is 1. The topological polar surface area (TPSA) is 57.9 Å². The van der Waals surface area contributed by atoms with Crippen LogP contribution in [0.15, 0.2) is 23.1 Å². The highest BCUT2D eigenvalue weighted by Gasteiger charge is 2.23. The van der Waals surface area contributed by atoms with E-state index >= 15 is 0 Å². The smallest absolute Gasteiger partial charge is 0.178 e. The molecule has 0 saturated heterocycles. The molecule has 0 bridgehead atoms. The molecule has 0 aromatic heterocycles. The van der Waals surface area contributed by atoms with Crippen molar-refractivity contribution in [3.05, 3.63) is 29.3 Å². The molecule has 1 aromatic rings. The van der Waals surface area contributed by atoms with Gasteiger partial charge in [0.2, 0.25) is 0 Å². The third-order valence-corrected chi connectivity index (χ3v) is 4.77. The maximum Gasteiger partial charge on any atom is 0.178 e. The Labute approximate surface area is 103 Å². The highest BCUT2D eigenvalue weighted by Crippen LogP contribution is 2.27. The van der Waals surface area contributed by atoms with Crippen molar-refractivity contribution in [2.45, 2.75) is 38.0 Å². The van der Waals surface area contributed by atoms with Crippen LogP contribution in [-0.2, 0) is 15.3 Å². The number of hydrogen-bond acceptors (Lipinski definition) is 3. The first kappa shape index (κ1) is 13.7. The lowest BCUT2D eigenvalue weighted by Crippen LogP contribution is -2.15. The van der Waals surface area contributed by atoms with Crippen molar-refractivity contribution in [1.82, 2.24) is 0 Å². The van der Waals surface area contributed by atoms with Gasteiger partial charge in [0.15, 0.2) is 9.84 Å². The molecule has 0 spiro atoms. The molecule has 0 aliphatic heterocycles. The highest BCUT2D eigenvalue weighted by atomic mass is 32.2. The van der Waals surface area contributed by atoms with Gasteiger partial charge in [-0.3, -0.25) is 0 Å². The lowest BCUT2D eigenvalue weighted by molar-refractivity contribution is 0.596. The van der Waals surface area contributed by atoms with Gasteiger partial charge in [0.1, 0.15) is 0 Å². The summed E-state index contributed by atoms with van der Waals surface area (Å²) in [5.41, 5.74) is 0.785. The van der Waals surface area contributed by atoms with E-state index in [-0.39, 0.29) is 5.75 Å². The lowest BCUT2D eigenvalue weighted by atomic mass is 9.86. The van der Waals surface area contributed by atoms with Gasteiger partial charge in [0.05, 0.1) is 22.1 Å². The van der Waals surface area contributed by atoms with E-state index in [9.17, 15) is 8.42 Å². The molecular weight excluding hydrogens is 234 g/mol. The Balaban J connectivity index is 3.47. The van der Waals surface area contributed by atoms with Crippen LogP contribution >= 0.6 is 0 Å². The zero-order chi connectivity index (χ0) is 13.3. The second-order valence-electron chi connectivity index (χ2n) is 4.62. The molecule has 0 radical (unpaired) electrons. The van der Waals surface area contributed by atoms with E-state index in [1.807, 2.05) is 6.07 Å². The normalized spacial score (nSPS) is 12.2. The van der Waals surface area contributed by atoms with E-state index in [0.717, 1.165) is 11.1 Å². The Bertz CT molecular complexity index is 566. The van der Waals surface area contributed by atoms with Gasteiger partial charge < -0.3 is 0 Å². The predicted octanol–water partition coefficient (Wildman–Crippen LogP) is 2.59. The van der Waals surface area contributed by atoms with Crippen molar-refractivity contribution in [3.63, 3.8) is 0 Å². The molecule has 4 heteroatoms. The molecule has 0 unspecified atom stereocenters. The van der Waals surface area contributed by atoms with Crippen LogP contribution in [-0.4, -0.2) is 14.2 Å². The minimum absolute atomic E-state index is 0.0737. The number of sulfone groups is 1. The summed E-state index contributed by atoms with van der Waals surface area (Å²) in [5.74, 6) is 0.0737. The molecule has 0 aliphatic carbocycles. The summed E-state index contributed by atoms with van der Waals surface area (Å²) in [7, 11) is -3.23. The van der Waals surface area contributed by atoms with Crippen molar-refractivity contribution in [3.8, 4) is 6.07 Å². The molecule has 1 rings (SSSR count). The summed E-state index contributed by atoms with van der Waals surface area (Å²) >= 11 is 0. The molecule has 0 amide bonds. The summed E-state index contributed by atoms with van der Waals surface area (Å²) < 4.78 is 23.8. The number of nitrogens with zero attached hydrogens (tertiary/aromatic N) is 1. The fourth-order valence-corrected chi connectivity index (χ4v) is 2.72. The van der Waals surface area contributed by atoms with Gasteiger partial charge in [-0.05, 0) is 38.0 Å². The predicted molar refractivity (Wildman–Crippen MR) is 67.5 cm³/mol. The van der Waals surface area contributed by atoms with Crippen LogP contribution in [0, 0.1) is 18.3 Å². The summed E-state index contributed by atoms with van der Waals surface area (Å²) in [4.78, 5) is 0.334. The lowest BCUT2D eigenvalue weighted by Gasteiger charge is -2.17. The monoisotopic (exact) mass is 251 g/mol. The largest absolute Gasteiger partial charge is 0.224 e. The van der Waals surface area contributed by atoms with E-state index in [0.29, 0.717) is 4.90 Å². The third kappa shape index (κ3) is 2.67. The average Bonchev–Trinajstić information content (AvgIpc) is 2.29. The number of benzene rings is 1. The molecule has 17 heavy (non-hydrogen) atoms. The second kappa shape index (κ2) is 4.50. The first-order valence-corrected chi connectivity index (χ1v) is 7.15.